The van der Waals surface area contributed by atoms with Gasteiger partial charge in [0.15, 0.2) is 0 Å². The lowest BCUT2D eigenvalue weighted by molar-refractivity contribution is -0.131. The fourth-order valence-corrected chi connectivity index (χ4v) is 3.00. The van der Waals surface area contributed by atoms with Gasteiger partial charge in [-0.05, 0) is 36.8 Å². The van der Waals surface area contributed by atoms with Crippen LogP contribution >= 0.6 is 11.3 Å². The first-order valence-corrected chi connectivity index (χ1v) is 7.14. The number of hydrogen-bond donors (Lipinski definition) is 1. The number of aryl methyl sites for hydroxylation is 1. The molecule has 1 aromatic carbocycles. The molecule has 0 spiro atoms. The van der Waals surface area contributed by atoms with Crippen molar-refractivity contribution in [3.63, 3.8) is 0 Å². The molecule has 1 aromatic heterocycles. The van der Waals surface area contributed by atoms with Crippen LogP contribution in [0.5, 0.6) is 0 Å². The van der Waals surface area contributed by atoms with E-state index in [1.165, 1.54) is 22.2 Å². The van der Waals surface area contributed by atoms with E-state index in [1.807, 2.05) is 24.3 Å². The van der Waals surface area contributed by atoms with Crippen molar-refractivity contribution in [3.05, 3.63) is 57.8 Å². The van der Waals surface area contributed by atoms with E-state index in [-0.39, 0.29) is 0 Å². The summed E-state index contributed by atoms with van der Waals surface area (Å²) in [6.45, 7) is 2.91. The molecule has 0 saturated carbocycles. The number of nitrogens with zero attached hydrogens (tertiary/aromatic N) is 1. The molecule has 0 bridgehead atoms. The van der Waals surface area contributed by atoms with Gasteiger partial charge in [0.25, 0.3) is 0 Å². The summed E-state index contributed by atoms with van der Waals surface area (Å²) >= 11 is 1.61. The van der Waals surface area contributed by atoms with Crippen molar-refractivity contribution < 1.29 is 9.90 Å². The van der Waals surface area contributed by atoms with Gasteiger partial charge in [0, 0.05) is 28.6 Å². The second-order valence-electron chi connectivity index (χ2n) is 4.62. The first kappa shape index (κ1) is 14.3. The quantitative estimate of drug-likeness (QED) is 0.851. The van der Waals surface area contributed by atoms with E-state index in [2.05, 4.69) is 31.0 Å². The molecule has 0 aliphatic heterocycles. The molecule has 4 heteroatoms. The van der Waals surface area contributed by atoms with Gasteiger partial charge in [-0.3, -0.25) is 0 Å². The van der Waals surface area contributed by atoms with Gasteiger partial charge in [-0.25, -0.2) is 4.79 Å². The van der Waals surface area contributed by atoms with Crippen molar-refractivity contribution in [1.82, 2.24) is 0 Å². The second-order valence-corrected chi connectivity index (χ2v) is 5.82. The number of para-hydroxylation sites is 1. The van der Waals surface area contributed by atoms with Crippen molar-refractivity contribution in [1.29, 1.82) is 0 Å². The standard InChI is InChI=1S/C16H17NO2S/c1-12-5-3-4-6-15(12)17(2)11-14-8-7-13(20-14)9-10-16(18)19/h3-10H,11H2,1-2H3,(H,18,19). The van der Waals surface area contributed by atoms with Crippen LogP contribution in [-0.4, -0.2) is 18.1 Å². The minimum absolute atomic E-state index is 0.816. The van der Waals surface area contributed by atoms with Crippen molar-refractivity contribution >= 4 is 29.1 Å². The monoisotopic (exact) mass is 287 g/mol. The first-order chi connectivity index (χ1) is 9.56. The van der Waals surface area contributed by atoms with Gasteiger partial charge in [-0.1, -0.05) is 18.2 Å². The van der Waals surface area contributed by atoms with Gasteiger partial charge >= 0.3 is 5.97 Å². The summed E-state index contributed by atoms with van der Waals surface area (Å²) in [5, 5.41) is 8.62. The molecule has 1 heterocycles. The van der Waals surface area contributed by atoms with Crippen LogP contribution in [0.15, 0.2) is 42.5 Å². The van der Waals surface area contributed by atoms with Gasteiger partial charge in [0.05, 0.1) is 6.54 Å². The highest BCUT2D eigenvalue weighted by molar-refractivity contribution is 7.12. The van der Waals surface area contributed by atoms with E-state index < -0.39 is 5.97 Å². The highest BCUT2D eigenvalue weighted by Crippen LogP contribution is 2.24. The van der Waals surface area contributed by atoms with Crippen LogP contribution in [0.3, 0.4) is 0 Å². The third-order valence-electron chi connectivity index (χ3n) is 2.99. The van der Waals surface area contributed by atoms with Gasteiger partial charge in [0.1, 0.15) is 0 Å². The summed E-state index contributed by atoms with van der Waals surface area (Å²) in [5.41, 5.74) is 2.46. The number of anilines is 1. The molecule has 0 aliphatic rings. The van der Waals surface area contributed by atoms with E-state index >= 15 is 0 Å². The van der Waals surface area contributed by atoms with Crippen LogP contribution in [0.2, 0.25) is 0 Å². The smallest absolute Gasteiger partial charge is 0.328 e. The Balaban J connectivity index is 2.07. The van der Waals surface area contributed by atoms with Gasteiger partial charge in [-0.15, -0.1) is 11.3 Å². The molecule has 2 aromatic rings. The Labute approximate surface area is 122 Å². The lowest BCUT2D eigenvalue weighted by Gasteiger charge is -2.20. The molecule has 0 amide bonds. The molecular weight excluding hydrogens is 270 g/mol. The number of benzene rings is 1. The van der Waals surface area contributed by atoms with E-state index in [0.29, 0.717) is 0 Å². The van der Waals surface area contributed by atoms with Crippen LogP contribution in [0.4, 0.5) is 5.69 Å². The molecule has 0 saturated heterocycles. The topological polar surface area (TPSA) is 40.5 Å². The lowest BCUT2D eigenvalue weighted by Crippen LogP contribution is -2.16. The molecule has 0 radical (unpaired) electrons. The Bertz CT molecular complexity index is 631. The molecule has 0 fully saturated rings. The Morgan fingerprint density at radius 1 is 1.30 bits per heavy atom. The van der Waals surface area contributed by atoms with E-state index in [0.717, 1.165) is 11.4 Å². The minimum Gasteiger partial charge on any atom is -0.478 e. The fraction of sp³-hybridized carbons (Fsp3) is 0.188. The SMILES string of the molecule is Cc1ccccc1N(C)Cc1ccc(C=CC(=O)O)s1. The Kier molecular flexibility index (Phi) is 4.58. The summed E-state index contributed by atoms with van der Waals surface area (Å²) in [6.07, 6.45) is 2.80. The zero-order chi connectivity index (χ0) is 14.5. The number of rotatable bonds is 5. The number of hydrogen-bond acceptors (Lipinski definition) is 3. The molecule has 3 nitrogen and oxygen atoms in total. The molecule has 0 atom stereocenters. The summed E-state index contributed by atoms with van der Waals surface area (Å²) in [6, 6.07) is 12.3. The Morgan fingerprint density at radius 2 is 2.05 bits per heavy atom. The van der Waals surface area contributed by atoms with Crippen molar-refractivity contribution in [3.8, 4) is 0 Å². The molecule has 2 rings (SSSR count). The summed E-state index contributed by atoms with van der Waals surface area (Å²) in [4.78, 5) is 14.9. The average molecular weight is 287 g/mol. The maximum atomic E-state index is 10.5. The van der Waals surface area contributed by atoms with Crippen LogP contribution in [-0.2, 0) is 11.3 Å². The first-order valence-electron chi connectivity index (χ1n) is 6.33. The normalized spacial score (nSPS) is 10.9. The Hall–Kier alpha value is -2.07. The zero-order valence-electron chi connectivity index (χ0n) is 11.5. The zero-order valence-corrected chi connectivity index (χ0v) is 12.4. The highest BCUT2D eigenvalue weighted by atomic mass is 32.1. The predicted octanol–water partition coefficient (Wildman–Crippen LogP) is 3.79. The van der Waals surface area contributed by atoms with Crippen LogP contribution in [0, 0.1) is 6.92 Å². The molecule has 0 unspecified atom stereocenters. The van der Waals surface area contributed by atoms with E-state index in [9.17, 15) is 4.79 Å². The van der Waals surface area contributed by atoms with Gasteiger partial charge in [-0.2, -0.15) is 0 Å². The minimum atomic E-state index is -0.919. The molecule has 0 aliphatic carbocycles. The summed E-state index contributed by atoms with van der Waals surface area (Å²) in [7, 11) is 2.06. The maximum Gasteiger partial charge on any atom is 0.328 e. The molecule has 20 heavy (non-hydrogen) atoms. The lowest BCUT2D eigenvalue weighted by atomic mass is 10.2. The van der Waals surface area contributed by atoms with E-state index in [1.54, 1.807) is 17.4 Å². The number of carboxylic acid groups (broad SMARTS) is 1. The average Bonchev–Trinajstić information content (AvgIpc) is 2.84. The second kappa shape index (κ2) is 6.39. The van der Waals surface area contributed by atoms with Gasteiger partial charge < -0.3 is 10.0 Å². The Morgan fingerprint density at radius 3 is 2.75 bits per heavy atom. The summed E-state index contributed by atoms with van der Waals surface area (Å²) < 4.78 is 0. The number of aliphatic carboxylic acids is 1. The van der Waals surface area contributed by atoms with Crippen LogP contribution in [0.1, 0.15) is 15.3 Å². The van der Waals surface area contributed by atoms with Crippen molar-refractivity contribution in [2.24, 2.45) is 0 Å². The number of carbonyl (C=O) groups is 1. The third-order valence-corrected chi connectivity index (χ3v) is 4.03. The predicted molar refractivity (Wildman–Crippen MR) is 84.3 cm³/mol. The number of carboxylic acids is 1. The van der Waals surface area contributed by atoms with Crippen LogP contribution < -0.4 is 4.90 Å². The summed E-state index contributed by atoms with van der Waals surface area (Å²) in [5.74, 6) is -0.919. The maximum absolute atomic E-state index is 10.5. The number of thiophene rings is 1. The highest BCUT2D eigenvalue weighted by Gasteiger charge is 2.06. The fourth-order valence-electron chi connectivity index (χ4n) is 2.03. The van der Waals surface area contributed by atoms with Crippen molar-refractivity contribution in [2.45, 2.75) is 13.5 Å². The molecule has 1 N–H and O–H groups in total. The largest absolute Gasteiger partial charge is 0.478 e. The van der Waals surface area contributed by atoms with Crippen LogP contribution in [0.25, 0.3) is 6.08 Å². The molecule has 104 valence electrons. The van der Waals surface area contributed by atoms with Crippen molar-refractivity contribution in [2.75, 3.05) is 11.9 Å². The van der Waals surface area contributed by atoms with Gasteiger partial charge in [0.2, 0.25) is 0 Å². The third kappa shape index (κ3) is 3.71. The molecular formula is C16H17NO2S. The van der Waals surface area contributed by atoms with E-state index in [4.69, 9.17) is 5.11 Å².